The third-order valence-electron chi connectivity index (χ3n) is 3.89. The van der Waals surface area contributed by atoms with Crippen LogP contribution in [0, 0.1) is 0 Å². The molecule has 0 fully saturated rings. The largest absolute Gasteiger partial charge is 0.469 e. The maximum Gasteiger partial charge on any atom is 0.306 e. The van der Waals surface area contributed by atoms with Crippen LogP contribution in [0.4, 0.5) is 0 Å². The molecule has 0 heterocycles. The quantitative estimate of drug-likeness (QED) is 0.293. The van der Waals surface area contributed by atoms with Crippen LogP contribution in [-0.2, 0) is 19.1 Å². The second-order valence-corrected chi connectivity index (χ2v) is 6.11. The molecule has 0 atom stereocenters. The monoisotopic (exact) mass is 364 g/mol. The van der Waals surface area contributed by atoms with Crippen molar-refractivity contribution in [3.63, 3.8) is 0 Å². The predicted octanol–water partition coefficient (Wildman–Crippen LogP) is 0.0375. The zero-order chi connectivity index (χ0) is 18.9. The topological polar surface area (TPSA) is 83.1 Å². The van der Waals surface area contributed by atoms with Crippen molar-refractivity contribution in [2.45, 2.75) is 19.3 Å². The number of carbonyl (C=O) groups is 2. The van der Waals surface area contributed by atoms with Gasteiger partial charge in [-0.05, 0) is 33.6 Å². The summed E-state index contributed by atoms with van der Waals surface area (Å²) in [5.41, 5.74) is 0. The molecule has 25 heavy (non-hydrogen) atoms. The van der Waals surface area contributed by atoms with E-state index in [1.165, 1.54) is 14.2 Å². The molecular weight excluding hydrogens is 324 g/mol. The zero-order valence-corrected chi connectivity index (χ0v) is 16.3. The van der Waals surface area contributed by atoms with Crippen LogP contribution < -0.4 is 10.6 Å². The molecule has 0 aliphatic heterocycles. The van der Waals surface area contributed by atoms with Crippen molar-refractivity contribution >= 4 is 11.9 Å². The molecule has 8 nitrogen and oxygen atoms in total. The molecule has 152 valence electrons. The van der Waals surface area contributed by atoms with Gasteiger partial charge in [-0.15, -0.1) is 0 Å². The number of ether oxygens (including phenoxy) is 2. The van der Waals surface area contributed by atoms with Crippen LogP contribution in [-0.4, -0.2) is 102 Å². The number of hydrogen-bond acceptors (Lipinski definition) is 8. The Morgan fingerprint density at radius 1 is 0.760 bits per heavy atom. The van der Waals surface area contributed by atoms with Crippen molar-refractivity contribution in [1.82, 2.24) is 20.4 Å². The molecule has 0 aliphatic carbocycles. The minimum atomic E-state index is -0.177. The first-order chi connectivity index (χ1) is 12.0. The van der Waals surface area contributed by atoms with E-state index < -0.39 is 0 Å². The first-order valence-electron chi connectivity index (χ1n) is 8.91. The molecule has 8 heteroatoms. The van der Waals surface area contributed by atoms with Gasteiger partial charge < -0.3 is 29.9 Å². The average molecular weight is 365 g/mol. The lowest BCUT2D eigenvalue weighted by Crippen LogP contribution is -2.34. The van der Waals surface area contributed by atoms with Crippen LogP contribution in [0.1, 0.15) is 22.1 Å². The lowest BCUT2D eigenvalue weighted by molar-refractivity contribution is -0.141. The number of methoxy groups -OCH3 is 2. The summed E-state index contributed by atoms with van der Waals surface area (Å²) in [6.07, 6.45) is 1.94. The van der Waals surface area contributed by atoms with Crippen LogP contribution in [0.2, 0.25) is 0 Å². The highest BCUT2D eigenvalue weighted by molar-refractivity contribution is 5.69. The van der Waals surface area contributed by atoms with Crippen molar-refractivity contribution < 1.29 is 21.9 Å². The SMILES string of the molecule is COC(=O)CCNCCN(C)CCCN(C)CCNCCC(=O)OC.[HH].[HH]. The first kappa shape index (κ1) is 23.8. The summed E-state index contributed by atoms with van der Waals surface area (Å²) in [6, 6.07) is 0. The van der Waals surface area contributed by atoms with Crippen molar-refractivity contribution in [3.8, 4) is 0 Å². The average Bonchev–Trinajstić information content (AvgIpc) is 2.60. The van der Waals surface area contributed by atoms with Gasteiger partial charge in [0.05, 0.1) is 27.1 Å². The Bertz CT molecular complexity index is 334. The van der Waals surface area contributed by atoms with Crippen LogP contribution in [0.15, 0.2) is 0 Å². The van der Waals surface area contributed by atoms with Gasteiger partial charge in [0.1, 0.15) is 0 Å². The molecule has 0 spiro atoms. The number of carbonyl (C=O) groups excluding carboxylic acids is 2. The highest BCUT2D eigenvalue weighted by atomic mass is 16.5. The Morgan fingerprint density at radius 3 is 1.52 bits per heavy atom. The van der Waals surface area contributed by atoms with Crippen molar-refractivity contribution in [2.24, 2.45) is 0 Å². The van der Waals surface area contributed by atoms with Crippen LogP contribution in [0.3, 0.4) is 0 Å². The Morgan fingerprint density at radius 2 is 1.16 bits per heavy atom. The van der Waals surface area contributed by atoms with E-state index in [1.807, 2.05) is 0 Å². The summed E-state index contributed by atoms with van der Waals surface area (Å²) in [6.45, 7) is 7.05. The van der Waals surface area contributed by atoms with Crippen LogP contribution >= 0.6 is 0 Å². The molecular formula is C17H40N4O4. The van der Waals surface area contributed by atoms with E-state index in [9.17, 15) is 9.59 Å². The molecule has 0 bridgehead atoms. The zero-order valence-electron chi connectivity index (χ0n) is 16.3. The van der Waals surface area contributed by atoms with Gasteiger partial charge in [0.25, 0.3) is 0 Å². The minimum Gasteiger partial charge on any atom is -0.469 e. The first-order valence-corrected chi connectivity index (χ1v) is 8.91. The van der Waals surface area contributed by atoms with E-state index in [2.05, 4.69) is 44.0 Å². The minimum absolute atomic E-state index is 0. The third kappa shape index (κ3) is 16.0. The van der Waals surface area contributed by atoms with Crippen LogP contribution in [0.5, 0.6) is 0 Å². The Hall–Kier alpha value is -1.22. The lowest BCUT2D eigenvalue weighted by atomic mass is 10.3. The van der Waals surface area contributed by atoms with Gasteiger partial charge in [-0.1, -0.05) is 0 Å². The Kier molecular flexibility index (Phi) is 15.5. The van der Waals surface area contributed by atoms with E-state index in [0.29, 0.717) is 25.9 Å². The van der Waals surface area contributed by atoms with E-state index in [1.54, 1.807) is 0 Å². The van der Waals surface area contributed by atoms with Gasteiger partial charge in [-0.25, -0.2) is 0 Å². The summed E-state index contributed by atoms with van der Waals surface area (Å²) in [4.78, 5) is 26.5. The molecule has 0 aromatic rings. The molecule has 0 rings (SSSR count). The number of nitrogens with zero attached hydrogens (tertiary/aromatic N) is 2. The maximum absolute atomic E-state index is 11.0. The fourth-order valence-electron chi connectivity index (χ4n) is 2.21. The van der Waals surface area contributed by atoms with Crippen molar-refractivity contribution in [1.29, 1.82) is 0 Å². The third-order valence-corrected chi connectivity index (χ3v) is 3.89. The summed E-state index contributed by atoms with van der Waals surface area (Å²) >= 11 is 0. The van der Waals surface area contributed by atoms with Gasteiger partial charge in [-0.2, -0.15) is 0 Å². The second-order valence-electron chi connectivity index (χ2n) is 6.11. The van der Waals surface area contributed by atoms with E-state index in [0.717, 1.165) is 45.7 Å². The molecule has 0 aromatic heterocycles. The predicted molar refractivity (Wildman–Crippen MR) is 103 cm³/mol. The maximum atomic E-state index is 11.0. The molecule has 0 aromatic carbocycles. The molecule has 0 aliphatic rings. The van der Waals surface area contributed by atoms with Crippen LogP contribution in [0.25, 0.3) is 0 Å². The van der Waals surface area contributed by atoms with Gasteiger partial charge in [0.2, 0.25) is 0 Å². The highest BCUT2D eigenvalue weighted by Gasteiger charge is 2.03. The molecule has 0 saturated heterocycles. The standard InChI is InChI=1S/C17H36N4O4.2H2/c1-20(14-10-18-8-6-16(22)24-3)12-5-13-21(2)15-11-19-9-7-17(23)25-4;;/h18-19H,5-15H2,1-4H3;2*1H. The summed E-state index contributed by atoms with van der Waals surface area (Å²) in [5, 5.41) is 6.48. The Labute approximate surface area is 155 Å². The molecule has 2 N–H and O–H groups in total. The number of esters is 2. The smallest absolute Gasteiger partial charge is 0.306 e. The van der Waals surface area contributed by atoms with Gasteiger partial charge in [0, 0.05) is 42.1 Å². The highest BCUT2D eigenvalue weighted by Crippen LogP contribution is 1.91. The van der Waals surface area contributed by atoms with Gasteiger partial charge in [-0.3, -0.25) is 9.59 Å². The second kappa shape index (κ2) is 16.3. The van der Waals surface area contributed by atoms with E-state index in [4.69, 9.17) is 0 Å². The summed E-state index contributed by atoms with van der Waals surface area (Å²) in [7, 11) is 7.03. The lowest BCUT2D eigenvalue weighted by Gasteiger charge is -2.20. The number of nitrogens with one attached hydrogen (secondary N) is 2. The molecule has 0 saturated carbocycles. The van der Waals surface area contributed by atoms with Crippen molar-refractivity contribution in [3.05, 3.63) is 0 Å². The summed E-state index contributed by atoms with van der Waals surface area (Å²) < 4.78 is 9.18. The normalized spacial score (nSPS) is 11.1. The number of likely N-dealkylation sites (N-methyl/N-ethyl adjacent to an activating group) is 2. The summed E-state index contributed by atoms with van der Waals surface area (Å²) in [5.74, 6) is -0.354. The van der Waals surface area contributed by atoms with Crippen molar-refractivity contribution in [2.75, 3.05) is 80.7 Å². The molecule has 0 unspecified atom stereocenters. The van der Waals surface area contributed by atoms with E-state index in [-0.39, 0.29) is 14.8 Å². The number of hydrogen-bond donors (Lipinski definition) is 2. The number of rotatable bonds is 16. The molecule has 0 amide bonds. The van der Waals surface area contributed by atoms with Gasteiger partial charge in [0.15, 0.2) is 0 Å². The molecule has 0 radical (unpaired) electrons. The Balaban J connectivity index is -0.00000288. The van der Waals surface area contributed by atoms with Gasteiger partial charge >= 0.3 is 11.9 Å². The fourth-order valence-corrected chi connectivity index (χ4v) is 2.21. The van der Waals surface area contributed by atoms with E-state index >= 15 is 0 Å². The fraction of sp³-hybridized carbons (Fsp3) is 0.882.